The van der Waals surface area contributed by atoms with Crippen molar-refractivity contribution in [2.75, 3.05) is 0 Å². The number of aromatic nitrogens is 2. The smallest absolute Gasteiger partial charge is 0.251 e. The lowest BCUT2D eigenvalue weighted by atomic mass is 10.1. The van der Waals surface area contributed by atoms with E-state index in [0.717, 1.165) is 22.7 Å². The van der Waals surface area contributed by atoms with E-state index < -0.39 is 0 Å². The van der Waals surface area contributed by atoms with Gasteiger partial charge in [-0.15, -0.1) is 0 Å². The Bertz CT molecular complexity index is 1080. The highest BCUT2D eigenvalue weighted by Gasteiger charge is 2.08. The predicted octanol–water partition coefficient (Wildman–Crippen LogP) is 4.87. The van der Waals surface area contributed by atoms with Gasteiger partial charge in [0.05, 0.1) is 17.9 Å². The van der Waals surface area contributed by atoms with E-state index in [9.17, 15) is 4.79 Å². The predicted molar refractivity (Wildman–Crippen MR) is 112 cm³/mol. The van der Waals surface area contributed by atoms with Crippen LogP contribution in [-0.2, 0) is 6.54 Å². The van der Waals surface area contributed by atoms with Crippen LogP contribution in [0.15, 0.2) is 97.3 Å². The number of carbonyl (C=O) groups is 1. The first-order valence-corrected chi connectivity index (χ1v) is 9.25. The van der Waals surface area contributed by atoms with Gasteiger partial charge >= 0.3 is 0 Å². The van der Waals surface area contributed by atoms with Crippen LogP contribution in [-0.4, -0.2) is 15.9 Å². The number of nitrogens with zero attached hydrogens (tertiary/aromatic N) is 2. The minimum Gasteiger partial charge on any atom is -0.457 e. The van der Waals surface area contributed by atoms with Crippen LogP contribution < -0.4 is 10.1 Å². The van der Waals surface area contributed by atoms with Crippen molar-refractivity contribution >= 4 is 5.91 Å². The average Bonchev–Trinajstić information content (AvgIpc) is 2.79. The van der Waals surface area contributed by atoms with Gasteiger partial charge in [0, 0.05) is 11.1 Å². The van der Waals surface area contributed by atoms with E-state index in [1.165, 1.54) is 6.33 Å². The summed E-state index contributed by atoms with van der Waals surface area (Å²) < 4.78 is 5.75. The molecule has 29 heavy (non-hydrogen) atoms. The SMILES string of the molecule is O=C(NCc1cc(-c2ccccc2)ncn1)c1ccc(Oc2ccccc2)cc1. The third-order valence-corrected chi connectivity index (χ3v) is 4.32. The fourth-order valence-electron chi connectivity index (χ4n) is 2.83. The third kappa shape index (κ3) is 4.84. The topological polar surface area (TPSA) is 64.1 Å². The molecule has 1 heterocycles. The Morgan fingerprint density at radius 1 is 0.793 bits per heavy atom. The quantitative estimate of drug-likeness (QED) is 0.518. The Hall–Kier alpha value is -3.99. The lowest BCUT2D eigenvalue weighted by Gasteiger charge is -2.08. The van der Waals surface area contributed by atoms with E-state index >= 15 is 0 Å². The number of benzene rings is 3. The number of hydrogen-bond acceptors (Lipinski definition) is 4. The molecule has 0 radical (unpaired) electrons. The summed E-state index contributed by atoms with van der Waals surface area (Å²) >= 11 is 0. The summed E-state index contributed by atoms with van der Waals surface area (Å²) in [6, 6.07) is 28.3. The third-order valence-electron chi connectivity index (χ3n) is 4.32. The molecule has 0 fully saturated rings. The summed E-state index contributed by atoms with van der Waals surface area (Å²) in [5.41, 5.74) is 3.14. The van der Waals surface area contributed by atoms with Crippen molar-refractivity contribution in [2.45, 2.75) is 6.54 Å². The molecule has 1 N–H and O–H groups in total. The Balaban J connectivity index is 1.37. The number of hydrogen-bond donors (Lipinski definition) is 1. The van der Waals surface area contributed by atoms with Gasteiger partial charge in [-0.1, -0.05) is 48.5 Å². The van der Waals surface area contributed by atoms with Gasteiger partial charge in [0.2, 0.25) is 0 Å². The van der Waals surface area contributed by atoms with Gasteiger partial charge in [0.25, 0.3) is 5.91 Å². The van der Waals surface area contributed by atoms with Gasteiger partial charge in [-0.2, -0.15) is 0 Å². The van der Waals surface area contributed by atoms with Crippen molar-refractivity contribution in [1.82, 2.24) is 15.3 Å². The second-order valence-electron chi connectivity index (χ2n) is 6.38. The lowest BCUT2D eigenvalue weighted by Crippen LogP contribution is -2.23. The summed E-state index contributed by atoms with van der Waals surface area (Å²) in [7, 11) is 0. The molecule has 4 rings (SSSR count). The second kappa shape index (κ2) is 8.80. The number of nitrogens with one attached hydrogen (secondary N) is 1. The summed E-state index contributed by atoms with van der Waals surface area (Å²) in [4.78, 5) is 21.0. The molecule has 4 aromatic rings. The van der Waals surface area contributed by atoms with Gasteiger partial charge in [-0.05, 0) is 42.5 Å². The second-order valence-corrected chi connectivity index (χ2v) is 6.38. The van der Waals surface area contributed by atoms with Crippen LogP contribution in [0.2, 0.25) is 0 Å². The summed E-state index contributed by atoms with van der Waals surface area (Å²) in [5.74, 6) is 1.26. The number of ether oxygens (including phenoxy) is 1. The largest absolute Gasteiger partial charge is 0.457 e. The lowest BCUT2D eigenvalue weighted by molar-refractivity contribution is 0.0950. The van der Waals surface area contributed by atoms with Crippen molar-refractivity contribution < 1.29 is 9.53 Å². The molecule has 0 saturated heterocycles. The van der Waals surface area contributed by atoms with Crippen molar-refractivity contribution in [3.8, 4) is 22.8 Å². The number of para-hydroxylation sites is 1. The molecule has 0 bridgehead atoms. The molecule has 1 aromatic heterocycles. The van der Waals surface area contributed by atoms with E-state index in [1.54, 1.807) is 24.3 Å². The highest BCUT2D eigenvalue weighted by molar-refractivity contribution is 5.94. The molecule has 0 spiro atoms. The van der Waals surface area contributed by atoms with Crippen LogP contribution in [0, 0.1) is 0 Å². The molecule has 5 heteroatoms. The zero-order chi connectivity index (χ0) is 19.9. The standard InChI is InChI=1S/C24H19N3O2/c28-24(19-11-13-22(14-12-19)29-21-9-5-2-6-10-21)25-16-20-15-23(27-17-26-20)18-7-3-1-4-8-18/h1-15,17H,16H2,(H,25,28). The zero-order valence-electron chi connectivity index (χ0n) is 15.7. The van der Waals surface area contributed by atoms with Crippen molar-refractivity contribution in [3.05, 3.63) is 109 Å². The molecule has 0 aliphatic carbocycles. The first-order valence-electron chi connectivity index (χ1n) is 9.25. The first kappa shape index (κ1) is 18.4. The van der Waals surface area contributed by atoms with Crippen molar-refractivity contribution in [1.29, 1.82) is 0 Å². The van der Waals surface area contributed by atoms with Crippen LogP contribution in [0.5, 0.6) is 11.5 Å². The highest BCUT2D eigenvalue weighted by atomic mass is 16.5. The molecule has 0 aliphatic rings. The van der Waals surface area contributed by atoms with Crippen LogP contribution in [0.1, 0.15) is 16.1 Å². The Morgan fingerprint density at radius 2 is 1.45 bits per heavy atom. The van der Waals surface area contributed by atoms with Gasteiger partial charge < -0.3 is 10.1 Å². The van der Waals surface area contributed by atoms with Crippen LogP contribution >= 0.6 is 0 Å². The molecule has 0 atom stereocenters. The monoisotopic (exact) mass is 381 g/mol. The van der Waals surface area contributed by atoms with Crippen LogP contribution in [0.4, 0.5) is 0 Å². The maximum absolute atomic E-state index is 12.4. The van der Waals surface area contributed by atoms with Gasteiger partial charge in [-0.3, -0.25) is 4.79 Å². The molecule has 5 nitrogen and oxygen atoms in total. The summed E-state index contributed by atoms with van der Waals surface area (Å²) in [5, 5.41) is 2.89. The minimum absolute atomic E-state index is 0.170. The zero-order valence-corrected chi connectivity index (χ0v) is 15.7. The van der Waals surface area contributed by atoms with Crippen molar-refractivity contribution in [3.63, 3.8) is 0 Å². The maximum Gasteiger partial charge on any atom is 0.251 e. The van der Waals surface area contributed by atoms with E-state index in [4.69, 9.17) is 4.74 Å². The molecule has 1 amide bonds. The van der Waals surface area contributed by atoms with E-state index in [2.05, 4.69) is 15.3 Å². The normalized spacial score (nSPS) is 10.3. The summed E-state index contributed by atoms with van der Waals surface area (Å²) in [6.07, 6.45) is 1.51. The van der Waals surface area contributed by atoms with Gasteiger partial charge in [0.1, 0.15) is 17.8 Å². The van der Waals surface area contributed by atoms with E-state index in [-0.39, 0.29) is 5.91 Å². The van der Waals surface area contributed by atoms with Crippen LogP contribution in [0.25, 0.3) is 11.3 Å². The Labute approximate surface area is 169 Å². The first-order chi connectivity index (χ1) is 14.3. The molecule has 0 unspecified atom stereocenters. The number of amides is 1. The fraction of sp³-hybridized carbons (Fsp3) is 0.0417. The van der Waals surface area contributed by atoms with Crippen LogP contribution in [0.3, 0.4) is 0 Å². The molecule has 0 saturated carbocycles. The molecular formula is C24H19N3O2. The van der Waals surface area contributed by atoms with Gasteiger partial charge in [0.15, 0.2) is 0 Å². The average molecular weight is 381 g/mol. The number of rotatable bonds is 6. The molecular weight excluding hydrogens is 362 g/mol. The Kier molecular flexibility index (Phi) is 5.58. The molecule has 0 aliphatic heterocycles. The Morgan fingerprint density at radius 3 is 2.17 bits per heavy atom. The fourth-order valence-corrected chi connectivity index (χ4v) is 2.83. The minimum atomic E-state index is -0.170. The van der Waals surface area contributed by atoms with E-state index in [1.807, 2.05) is 66.7 Å². The summed E-state index contributed by atoms with van der Waals surface area (Å²) in [6.45, 7) is 0.323. The highest BCUT2D eigenvalue weighted by Crippen LogP contribution is 2.21. The maximum atomic E-state index is 12.4. The number of carbonyl (C=O) groups excluding carboxylic acids is 1. The van der Waals surface area contributed by atoms with Crippen molar-refractivity contribution in [2.24, 2.45) is 0 Å². The molecule has 3 aromatic carbocycles. The molecule has 142 valence electrons. The van der Waals surface area contributed by atoms with E-state index in [0.29, 0.717) is 17.9 Å². The van der Waals surface area contributed by atoms with Gasteiger partial charge in [-0.25, -0.2) is 9.97 Å².